The van der Waals surface area contributed by atoms with E-state index in [1.807, 2.05) is 38.3 Å². The maximum Gasteiger partial charge on any atom is 0.251 e. The molecule has 0 saturated heterocycles. The van der Waals surface area contributed by atoms with E-state index in [2.05, 4.69) is 20.7 Å². The highest BCUT2D eigenvalue weighted by Gasteiger charge is 2.38. The van der Waals surface area contributed by atoms with Gasteiger partial charge in [-0.3, -0.25) is 14.5 Å². The Bertz CT molecular complexity index is 1320. The molecule has 0 saturated carbocycles. The first-order valence-corrected chi connectivity index (χ1v) is 11.8. The Hall–Kier alpha value is -3.86. The van der Waals surface area contributed by atoms with Crippen LogP contribution in [0, 0.1) is 12.7 Å². The third-order valence-corrected chi connectivity index (χ3v) is 5.75. The van der Waals surface area contributed by atoms with Crippen molar-refractivity contribution in [2.75, 3.05) is 4.90 Å². The van der Waals surface area contributed by atoms with Crippen LogP contribution in [0.1, 0.15) is 38.3 Å². The van der Waals surface area contributed by atoms with Crippen LogP contribution in [0.2, 0.25) is 0 Å². The number of benzene rings is 1. The smallest absolute Gasteiger partial charge is 0.251 e. The van der Waals surface area contributed by atoms with Gasteiger partial charge in [-0.1, -0.05) is 18.2 Å². The molecule has 2 amide bonds. The van der Waals surface area contributed by atoms with Gasteiger partial charge in [0.2, 0.25) is 5.82 Å². The molecule has 11 heteroatoms. The van der Waals surface area contributed by atoms with E-state index in [1.165, 1.54) is 29.5 Å². The van der Waals surface area contributed by atoms with Crippen molar-refractivity contribution in [3.05, 3.63) is 71.2 Å². The summed E-state index contributed by atoms with van der Waals surface area (Å²) in [4.78, 5) is 30.1. The van der Waals surface area contributed by atoms with Crippen molar-refractivity contribution in [2.24, 2.45) is 0 Å². The maximum atomic E-state index is 15.0. The lowest BCUT2D eigenvalue weighted by molar-refractivity contribution is -0.128. The van der Waals surface area contributed by atoms with Crippen LogP contribution < -0.4 is 10.2 Å². The van der Waals surface area contributed by atoms with Crippen molar-refractivity contribution in [3.8, 4) is 10.7 Å². The number of aryl methyl sites for hydroxylation is 1. The van der Waals surface area contributed by atoms with Crippen molar-refractivity contribution in [2.45, 2.75) is 45.8 Å². The van der Waals surface area contributed by atoms with Crippen LogP contribution in [0.15, 0.2) is 58.3 Å². The number of carbonyl (C=O) groups is 2. The summed E-state index contributed by atoms with van der Waals surface area (Å²) < 4.78 is 20.8. The molecule has 3 heterocycles. The van der Waals surface area contributed by atoms with Crippen LogP contribution in [-0.2, 0) is 16.1 Å². The number of para-hydroxylation sites is 1. The number of nitrogens with zero attached hydrogens (tertiary/aromatic N) is 5. The van der Waals surface area contributed by atoms with Crippen LogP contribution in [0.4, 0.5) is 10.1 Å². The Morgan fingerprint density at radius 1 is 1.17 bits per heavy atom. The summed E-state index contributed by atoms with van der Waals surface area (Å²) in [5.41, 5.74) is -0.677. The normalized spacial score (nSPS) is 12.4. The molecule has 1 atom stereocenters. The summed E-state index contributed by atoms with van der Waals surface area (Å²) in [6, 6.07) is 11.5. The molecule has 0 bridgehead atoms. The van der Waals surface area contributed by atoms with Crippen LogP contribution in [0.3, 0.4) is 0 Å². The lowest BCUT2D eigenvalue weighted by Crippen LogP contribution is -2.50. The van der Waals surface area contributed by atoms with Gasteiger partial charge >= 0.3 is 0 Å². The molecule has 4 rings (SSSR count). The van der Waals surface area contributed by atoms with E-state index in [-0.39, 0.29) is 18.0 Å². The molecule has 0 aliphatic carbocycles. The summed E-state index contributed by atoms with van der Waals surface area (Å²) >= 11 is 1.44. The minimum Gasteiger partial charge on any atom is -0.464 e. The fraction of sp³-hybridized carbons (Fsp3) is 0.292. The highest BCUT2D eigenvalue weighted by atomic mass is 32.1. The first kappa shape index (κ1) is 24.3. The highest BCUT2D eigenvalue weighted by Crippen LogP contribution is 2.32. The lowest BCUT2D eigenvalue weighted by Gasteiger charge is -2.32. The molecular formula is C24H25FN6O3S. The molecule has 1 N–H and O–H groups in total. The molecule has 0 spiro atoms. The summed E-state index contributed by atoms with van der Waals surface area (Å²) in [6.45, 7) is 6.80. The van der Waals surface area contributed by atoms with Gasteiger partial charge in [-0.05, 0) is 68.6 Å². The van der Waals surface area contributed by atoms with Gasteiger partial charge in [0.05, 0.1) is 10.6 Å². The SMILES string of the molecule is Cc1ccc([C@H](C(=O)NC(C)(C)C)N(C(=O)Cn2nnc(-c3cccs3)n2)c2ccccc2F)o1. The van der Waals surface area contributed by atoms with E-state index in [4.69, 9.17) is 4.42 Å². The maximum absolute atomic E-state index is 15.0. The molecule has 0 unspecified atom stereocenters. The molecular weight excluding hydrogens is 471 g/mol. The number of nitrogens with one attached hydrogen (secondary N) is 1. The van der Waals surface area contributed by atoms with Crippen molar-refractivity contribution in [1.29, 1.82) is 0 Å². The zero-order chi connectivity index (χ0) is 25.2. The van der Waals surface area contributed by atoms with Gasteiger partial charge in [0.1, 0.15) is 23.9 Å². The average Bonchev–Trinajstić information content (AvgIpc) is 3.53. The second kappa shape index (κ2) is 9.79. The Morgan fingerprint density at radius 3 is 2.57 bits per heavy atom. The third kappa shape index (κ3) is 5.62. The molecule has 35 heavy (non-hydrogen) atoms. The Morgan fingerprint density at radius 2 is 1.94 bits per heavy atom. The van der Waals surface area contributed by atoms with E-state index in [0.29, 0.717) is 11.6 Å². The van der Waals surface area contributed by atoms with E-state index >= 15 is 4.39 Å². The third-order valence-electron chi connectivity index (χ3n) is 4.89. The number of halogens is 1. The molecule has 3 aromatic heterocycles. The van der Waals surface area contributed by atoms with E-state index in [0.717, 1.165) is 14.6 Å². The molecule has 0 aliphatic rings. The van der Waals surface area contributed by atoms with Crippen molar-refractivity contribution >= 4 is 28.8 Å². The summed E-state index contributed by atoms with van der Waals surface area (Å²) in [7, 11) is 0. The number of hydrogen-bond acceptors (Lipinski definition) is 7. The van der Waals surface area contributed by atoms with Gasteiger partial charge in [0.25, 0.3) is 11.8 Å². The van der Waals surface area contributed by atoms with Gasteiger partial charge in [0.15, 0.2) is 6.04 Å². The predicted octanol–water partition coefficient (Wildman–Crippen LogP) is 4.13. The zero-order valence-electron chi connectivity index (χ0n) is 19.7. The van der Waals surface area contributed by atoms with Crippen LogP contribution in [-0.4, -0.2) is 37.6 Å². The first-order chi connectivity index (χ1) is 16.6. The average molecular weight is 497 g/mol. The predicted molar refractivity (Wildman–Crippen MR) is 129 cm³/mol. The number of amides is 2. The van der Waals surface area contributed by atoms with Gasteiger partial charge in [-0.25, -0.2) is 4.39 Å². The van der Waals surface area contributed by atoms with Gasteiger partial charge in [0, 0.05) is 5.54 Å². The van der Waals surface area contributed by atoms with Crippen LogP contribution in [0.5, 0.6) is 0 Å². The first-order valence-electron chi connectivity index (χ1n) is 10.9. The number of carbonyl (C=O) groups excluding carboxylic acids is 2. The number of hydrogen-bond donors (Lipinski definition) is 1. The number of furan rings is 1. The molecule has 9 nitrogen and oxygen atoms in total. The zero-order valence-corrected chi connectivity index (χ0v) is 20.5. The Balaban J connectivity index is 1.75. The van der Waals surface area contributed by atoms with E-state index < -0.39 is 29.2 Å². The van der Waals surface area contributed by atoms with Gasteiger partial charge < -0.3 is 9.73 Å². The standard InChI is InChI=1S/C24H25FN6O3S/c1-15-11-12-18(34-15)21(23(33)26-24(2,3)4)31(17-9-6-5-8-16(17)25)20(32)14-30-28-22(27-29-30)19-10-7-13-35-19/h5-13,21H,14H2,1-4H3,(H,26,33)/t21-/m1/s1. The van der Waals surface area contributed by atoms with Gasteiger partial charge in [-0.2, -0.15) is 4.80 Å². The number of thiophene rings is 1. The molecule has 0 radical (unpaired) electrons. The fourth-order valence-electron chi connectivity index (χ4n) is 3.49. The highest BCUT2D eigenvalue weighted by molar-refractivity contribution is 7.13. The quantitative estimate of drug-likeness (QED) is 0.412. The van der Waals surface area contributed by atoms with Gasteiger partial charge in [-0.15, -0.1) is 21.5 Å². The summed E-state index contributed by atoms with van der Waals surface area (Å²) in [5, 5.41) is 17.0. The Kier molecular flexibility index (Phi) is 6.79. The number of tetrazole rings is 1. The fourth-order valence-corrected chi connectivity index (χ4v) is 4.14. The number of rotatable bonds is 7. The Labute approximate surface area is 205 Å². The second-order valence-corrected chi connectivity index (χ2v) is 9.87. The molecule has 1 aromatic carbocycles. The van der Waals surface area contributed by atoms with Crippen molar-refractivity contribution in [1.82, 2.24) is 25.5 Å². The molecule has 0 aliphatic heterocycles. The monoisotopic (exact) mass is 496 g/mol. The van der Waals surface area contributed by atoms with Crippen molar-refractivity contribution < 1.29 is 18.4 Å². The topological polar surface area (TPSA) is 106 Å². The van der Waals surface area contributed by atoms with Crippen LogP contribution in [0.25, 0.3) is 10.7 Å². The largest absolute Gasteiger partial charge is 0.464 e. The lowest BCUT2D eigenvalue weighted by atomic mass is 10.1. The van der Waals surface area contributed by atoms with Crippen molar-refractivity contribution in [3.63, 3.8) is 0 Å². The minimum absolute atomic E-state index is 0.0702. The minimum atomic E-state index is -1.27. The van der Waals surface area contributed by atoms with E-state index in [1.54, 1.807) is 25.1 Å². The molecule has 182 valence electrons. The summed E-state index contributed by atoms with van der Waals surface area (Å²) in [5.74, 6) is -0.681. The number of aromatic nitrogens is 4. The van der Waals surface area contributed by atoms with Crippen LogP contribution >= 0.6 is 11.3 Å². The van der Waals surface area contributed by atoms with E-state index in [9.17, 15) is 9.59 Å². The molecule has 4 aromatic rings. The molecule has 0 fully saturated rings. The second-order valence-electron chi connectivity index (χ2n) is 8.93. The number of anilines is 1. The summed E-state index contributed by atoms with van der Waals surface area (Å²) in [6.07, 6.45) is 0.